The average Bonchev–Trinajstić information content (AvgIpc) is 2.78. The minimum Gasteiger partial charge on any atom is -0.516 e. The van der Waals surface area contributed by atoms with Crippen molar-refractivity contribution in [2.24, 2.45) is 5.92 Å². The first-order chi connectivity index (χ1) is 8.72. The lowest BCUT2D eigenvalue weighted by atomic mass is 10.0. The van der Waals surface area contributed by atoms with Crippen molar-refractivity contribution in [3.63, 3.8) is 0 Å². The smallest absolute Gasteiger partial charge is 0.223 e. The van der Waals surface area contributed by atoms with Gasteiger partial charge in [-0.05, 0) is 30.9 Å². The molecule has 1 unspecified atom stereocenters. The van der Waals surface area contributed by atoms with Crippen LogP contribution in [0.5, 0.6) is 0 Å². The van der Waals surface area contributed by atoms with Crippen LogP contribution >= 0.6 is 0 Å². The van der Waals surface area contributed by atoms with Crippen LogP contribution in [0, 0.1) is 5.92 Å². The van der Waals surface area contributed by atoms with Crippen LogP contribution in [0.3, 0.4) is 0 Å². The van der Waals surface area contributed by atoms with Crippen LogP contribution in [-0.4, -0.2) is 22.5 Å². The van der Waals surface area contributed by atoms with Crippen molar-refractivity contribution in [2.75, 3.05) is 6.54 Å². The molecule has 1 saturated heterocycles. The first-order valence-corrected chi connectivity index (χ1v) is 6.36. The summed E-state index contributed by atoms with van der Waals surface area (Å²) in [4.78, 5) is 13.9. The summed E-state index contributed by atoms with van der Waals surface area (Å²) < 4.78 is 0. The zero-order chi connectivity index (χ0) is 13.0. The standard InChI is InChI=1S/C15H19NO2/c1-12(14-7-3-2-4-8-14)16-11-13(6-5-9-17)10-15(16)18/h2-5,7-9,12-13,17H,6,10-11H2,1H3/b9-5+/t12?,13-/m0/s1. The summed E-state index contributed by atoms with van der Waals surface area (Å²) in [5.74, 6) is 0.537. The van der Waals surface area contributed by atoms with E-state index in [0.29, 0.717) is 12.3 Å². The van der Waals surface area contributed by atoms with Crippen molar-refractivity contribution in [3.8, 4) is 0 Å². The molecule has 2 rings (SSSR count). The first-order valence-electron chi connectivity index (χ1n) is 6.36. The van der Waals surface area contributed by atoms with Crippen molar-refractivity contribution >= 4 is 5.91 Å². The predicted octanol–water partition coefficient (Wildman–Crippen LogP) is 3.06. The number of aliphatic hydroxyl groups excluding tert-OH is 1. The SMILES string of the molecule is CC(c1ccccc1)N1C[C@@H](C/C=C/O)CC1=O. The van der Waals surface area contributed by atoms with Crippen molar-refractivity contribution in [3.05, 3.63) is 48.2 Å². The normalized spacial score (nSPS) is 21.7. The number of rotatable bonds is 4. The highest BCUT2D eigenvalue weighted by atomic mass is 16.2. The molecule has 1 aliphatic rings. The third-order valence-corrected chi connectivity index (χ3v) is 3.56. The van der Waals surface area contributed by atoms with E-state index in [9.17, 15) is 4.79 Å². The molecule has 1 aromatic rings. The number of allylic oxidation sites excluding steroid dienone is 1. The van der Waals surface area contributed by atoms with Crippen molar-refractivity contribution in [2.45, 2.75) is 25.8 Å². The van der Waals surface area contributed by atoms with E-state index >= 15 is 0 Å². The third-order valence-electron chi connectivity index (χ3n) is 3.56. The lowest BCUT2D eigenvalue weighted by Gasteiger charge is -2.25. The lowest BCUT2D eigenvalue weighted by Crippen LogP contribution is -2.28. The highest BCUT2D eigenvalue weighted by Gasteiger charge is 2.32. The molecule has 1 amide bonds. The lowest BCUT2D eigenvalue weighted by molar-refractivity contribution is -0.129. The Bertz CT molecular complexity index is 427. The minimum atomic E-state index is 0.127. The van der Waals surface area contributed by atoms with E-state index in [4.69, 9.17) is 5.11 Å². The Morgan fingerprint density at radius 2 is 2.17 bits per heavy atom. The monoisotopic (exact) mass is 245 g/mol. The van der Waals surface area contributed by atoms with Gasteiger partial charge in [0.05, 0.1) is 12.3 Å². The highest BCUT2D eigenvalue weighted by Crippen LogP contribution is 2.29. The average molecular weight is 245 g/mol. The largest absolute Gasteiger partial charge is 0.516 e. The van der Waals surface area contributed by atoms with Gasteiger partial charge in [0.2, 0.25) is 5.91 Å². The molecule has 3 heteroatoms. The fraction of sp³-hybridized carbons (Fsp3) is 0.400. The van der Waals surface area contributed by atoms with Gasteiger partial charge >= 0.3 is 0 Å². The second-order valence-corrected chi connectivity index (χ2v) is 4.82. The number of benzene rings is 1. The van der Waals surface area contributed by atoms with E-state index in [1.807, 2.05) is 23.1 Å². The fourth-order valence-electron chi connectivity index (χ4n) is 2.51. The van der Waals surface area contributed by atoms with Crippen LogP contribution in [0.1, 0.15) is 31.4 Å². The summed E-state index contributed by atoms with van der Waals surface area (Å²) >= 11 is 0. The molecule has 1 N–H and O–H groups in total. The van der Waals surface area contributed by atoms with E-state index in [-0.39, 0.29) is 11.9 Å². The van der Waals surface area contributed by atoms with Gasteiger partial charge < -0.3 is 10.0 Å². The van der Waals surface area contributed by atoms with Gasteiger partial charge in [-0.25, -0.2) is 0 Å². The Balaban J connectivity index is 2.03. The number of hydrogen-bond acceptors (Lipinski definition) is 2. The fourth-order valence-corrected chi connectivity index (χ4v) is 2.51. The maximum Gasteiger partial charge on any atom is 0.223 e. The molecule has 0 bridgehead atoms. The predicted molar refractivity (Wildman–Crippen MR) is 71.1 cm³/mol. The third kappa shape index (κ3) is 2.73. The van der Waals surface area contributed by atoms with Crippen LogP contribution in [0.4, 0.5) is 0 Å². The summed E-state index contributed by atoms with van der Waals surface area (Å²) in [5, 5.41) is 8.67. The van der Waals surface area contributed by atoms with Gasteiger partial charge in [-0.1, -0.05) is 30.3 Å². The number of likely N-dealkylation sites (tertiary alicyclic amines) is 1. The van der Waals surface area contributed by atoms with Gasteiger partial charge in [0.25, 0.3) is 0 Å². The topological polar surface area (TPSA) is 40.5 Å². The van der Waals surface area contributed by atoms with Gasteiger partial charge in [0.15, 0.2) is 0 Å². The molecule has 1 aliphatic heterocycles. The Labute approximate surface area is 108 Å². The van der Waals surface area contributed by atoms with E-state index in [1.165, 1.54) is 5.56 Å². The quantitative estimate of drug-likeness (QED) is 0.828. The number of amides is 1. The molecule has 1 aromatic carbocycles. The molecular weight excluding hydrogens is 226 g/mol. The number of aliphatic hydroxyl groups is 1. The van der Waals surface area contributed by atoms with Crippen LogP contribution in [-0.2, 0) is 4.79 Å². The van der Waals surface area contributed by atoms with Gasteiger partial charge in [0, 0.05) is 13.0 Å². The zero-order valence-electron chi connectivity index (χ0n) is 10.6. The van der Waals surface area contributed by atoms with Gasteiger partial charge in [-0.2, -0.15) is 0 Å². The molecule has 0 aliphatic carbocycles. The second-order valence-electron chi connectivity index (χ2n) is 4.82. The number of nitrogens with zero attached hydrogens (tertiary/aromatic N) is 1. The van der Waals surface area contributed by atoms with E-state index in [1.54, 1.807) is 6.08 Å². The minimum absolute atomic E-state index is 0.127. The molecule has 0 spiro atoms. The van der Waals surface area contributed by atoms with Crippen LogP contribution in [0.15, 0.2) is 42.7 Å². The molecule has 1 fully saturated rings. The number of carbonyl (C=O) groups is 1. The molecular formula is C15H19NO2. The highest BCUT2D eigenvalue weighted by molar-refractivity contribution is 5.79. The zero-order valence-corrected chi connectivity index (χ0v) is 10.6. The van der Waals surface area contributed by atoms with Crippen molar-refractivity contribution in [1.82, 2.24) is 4.90 Å². The molecule has 0 radical (unpaired) electrons. The molecule has 18 heavy (non-hydrogen) atoms. The van der Waals surface area contributed by atoms with Gasteiger partial charge in [0.1, 0.15) is 0 Å². The van der Waals surface area contributed by atoms with Crippen LogP contribution < -0.4 is 0 Å². The van der Waals surface area contributed by atoms with Crippen molar-refractivity contribution in [1.29, 1.82) is 0 Å². The Hall–Kier alpha value is -1.77. The van der Waals surface area contributed by atoms with E-state index in [2.05, 4.69) is 19.1 Å². The number of hydrogen-bond donors (Lipinski definition) is 1. The van der Waals surface area contributed by atoms with Crippen molar-refractivity contribution < 1.29 is 9.90 Å². The van der Waals surface area contributed by atoms with E-state index < -0.39 is 0 Å². The van der Waals surface area contributed by atoms with Gasteiger partial charge in [-0.3, -0.25) is 4.79 Å². The summed E-state index contributed by atoms with van der Waals surface area (Å²) in [6.07, 6.45) is 4.13. The van der Waals surface area contributed by atoms with Crippen LogP contribution in [0.2, 0.25) is 0 Å². The summed E-state index contributed by atoms with van der Waals surface area (Å²) in [7, 11) is 0. The Morgan fingerprint density at radius 3 is 2.83 bits per heavy atom. The Morgan fingerprint density at radius 1 is 1.44 bits per heavy atom. The summed E-state index contributed by atoms with van der Waals surface area (Å²) in [5.41, 5.74) is 1.17. The molecule has 3 nitrogen and oxygen atoms in total. The first kappa shape index (κ1) is 12.7. The van der Waals surface area contributed by atoms with Gasteiger partial charge in [-0.15, -0.1) is 0 Å². The molecule has 0 saturated carbocycles. The second kappa shape index (κ2) is 5.71. The molecule has 2 atom stereocenters. The molecule has 1 heterocycles. The summed E-state index contributed by atoms with van der Waals surface area (Å²) in [6.45, 7) is 2.84. The molecule has 0 aromatic heterocycles. The number of carbonyl (C=O) groups excluding carboxylic acids is 1. The Kier molecular flexibility index (Phi) is 4.03. The maximum absolute atomic E-state index is 12.0. The van der Waals surface area contributed by atoms with Crippen LogP contribution in [0.25, 0.3) is 0 Å². The maximum atomic E-state index is 12.0. The molecule has 96 valence electrons. The summed E-state index contributed by atoms with van der Waals surface area (Å²) in [6, 6.07) is 10.2. The van der Waals surface area contributed by atoms with E-state index in [0.717, 1.165) is 19.2 Å².